The predicted molar refractivity (Wildman–Crippen MR) is 72.8 cm³/mol. The van der Waals surface area contributed by atoms with Gasteiger partial charge in [0.05, 0.1) is 11.1 Å². The minimum atomic E-state index is -5.33. The van der Waals surface area contributed by atoms with Gasteiger partial charge >= 0.3 is 12.4 Å². The van der Waals surface area contributed by atoms with Crippen LogP contribution in [0.1, 0.15) is 11.1 Å². The first-order chi connectivity index (χ1) is 10.3. The highest BCUT2D eigenvalue weighted by Crippen LogP contribution is 2.45. The summed E-state index contributed by atoms with van der Waals surface area (Å²) in [4.78, 5) is -1.47. The lowest BCUT2D eigenvalue weighted by Gasteiger charge is -2.17. The van der Waals surface area contributed by atoms with E-state index in [2.05, 4.69) is 0 Å². The van der Waals surface area contributed by atoms with Gasteiger partial charge in [-0.25, -0.2) is 8.42 Å². The van der Waals surface area contributed by atoms with Crippen molar-refractivity contribution in [2.24, 2.45) is 0 Å². The van der Waals surface area contributed by atoms with Gasteiger partial charge in [-0.05, 0) is 23.6 Å². The van der Waals surface area contributed by atoms with E-state index in [0.29, 0.717) is 6.07 Å². The summed E-state index contributed by atoms with van der Waals surface area (Å²) < 4.78 is 101. The van der Waals surface area contributed by atoms with E-state index in [1.54, 1.807) is 0 Å². The molecular weight excluding hydrogens is 390 g/mol. The summed E-state index contributed by atoms with van der Waals surface area (Å²) in [6.45, 7) is 0. The van der Waals surface area contributed by atoms with Crippen molar-refractivity contribution < 1.29 is 34.8 Å². The normalized spacial score (nSPS) is 13.3. The molecule has 11 heteroatoms. The number of alkyl halides is 6. The van der Waals surface area contributed by atoms with Gasteiger partial charge in [-0.1, -0.05) is 6.07 Å². The summed E-state index contributed by atoms with van der Waals surface area (Å²) in [5, 5.41) is 1.38. The number of halogens is 7. The van der Waals surface area contributed by atoms with Crippen molar-refractivity contribution in [2.75, 3.05) is 0 Å². The molecule has 0 aliphatic carbocycles. The molecule has 0 fully saturated rings. The van der Waals surface area contributed by atoms with Gasteiger partial charge in [0.2, 0.25) is 0 Å². The van der Waals surface area contributed by atoms with Crippen LogP contribution in [-0.2, 0) is 21.4 Å². The van der Waals surface area contributed by atoms with E-state index in [1.165, 1.54) is 17.5 Å². The third-order valence-corrected chi connectivity index (χ3v) is 5.05. The Morgan fingerprint density at radius 3 is 2.00 bits per heavy atom. The van der Waals surface area contributed by atoms with Crippen LogP contribution in [0.15, 0.2) is 34.5 Å². The average molecular weight is 395 g/mol. The van der Waals surface area contributed by atoms with Crippen LogP contribution in [0, 0.1) is 0 Å². The Kier molecular flexibility index (Phi) is 4.46. The van der Waals surface area contributed by atoms with E-state index >= 15 is 0 Å². The molecule has 0 bridgehead atoms. The van der Waals surface area contributed by atoms with Gasteiger partial charge in [-0.3, -0.25) is 0 Å². The van der Waals surface area contributed by atoms with Gasteiger partial charge in [0.1, 0.15) is 4.90 Å². The molecule has 0 atom stereocenters. The van der Waals surface area contributed by atoms with Gasteiger partial charge in [0, 0.05) is 21.1 Å². The third-order valence-electron chi connectivity index (χ3n) is 2.75. The van der Waals surface area contributed by atoms with Crippen molar-refractivity contribution in [3.63, 3.8) is 0 Å². The average Bonchev–Trinajstić information content (AvgIpc) is 2.87. The Morgan fingerprint density at radius 2 is 1.61 bits per heavy atom. The molecule has 1 heterocycles. The van der Waals surface area contributed by atoms with Crippen molar-refractivity contribution >= 4 is 31.1 Å². The summed E-state index contributed by atoms with van der Waals surface area (Å²) in [7, 11) is 0.110. The quantitative estimate of drug-likeness (QED) is 0.506. The Bertz CT molecular complexity index is 822. The summed E-state index contributed by atoms with van der Waals surface area (Å²) in [6, 6.07) is 2.65. The van der Waals surface area contributed by atoms with Crippen molar-refractivity contribution in [1.82, 2.24) is 0 Å². The second-order valence-electron chi connectivity index (χ2n) is 4.31. The number of rotatable bonds is 2. The second kappa shape index (κ2) is 5.67. The second-order valence-corrected chi connectivity index (χ2v) is 7.76. The lowest BCUT2D eigenvalue weighted by atomic mass is 10.0. The third kappa shape index (κ3) is 3.81. The van der Waals surface area contributed by atoms with E-state index in [-0.39, 0.29) is 10.9 Å². The smallest absolute Gasteiger partial charge is 0.207 e. The Morgan fingerprint density at radius 1 is 1.00 bits per heavy atom. The number of benzene rings is 1. The van der Waals surface area contributed by atoms with E-state index < -0.39 is 43.0 Å². The van der Waals surface area contributed by atoms with Crippen LogP contribution in [0.4, 0.5) is 26.3 Å². The van der Waals surface area contributed by atoms with Gasteiger partial charge in [0.15, 0.2) is 0 Å². The van der Waals surface area contributed by atoms with Crippen molar-refractivity contribution in [3.05, 3.63) is 40.8 Å². The fourth-order valence-electron chi connectivity index (χ4n) is 1.88. The largest absolute Gasteiger partial charge is 0.417 e. The molecule has 0 saturated carbocycles. The zero-order chi connectivity index (χ0) is 17.6. The number of hydrogen-bond acceptors (Lipinski definition) is 3. The standard InChI is InChI=1S/C12H5ClF6O2S2/c13-23(20,21)10-7(9-2-1-3-22-9)4-6(11(14,15)16)5-8(10)12(17,18)19/h1-5H. The zero-order valence-corrected chi connectivity index (χ0v) is 13.1. The van der Waals surface area contributed by atoms with Crippen LogP contribution < -0.4 is 0 Å². The Hall–Kier alpha value is -1.26. The molecule has 0 spiro atoms. The Balaban J connectivity index is 2.98. The molecule has 126 valence electrons. The van der Waals surface area contributed by atoms with Crippen molar-refractivity contribution in [1.29, 1.82) is 0 Å². The maximum atomic E-state index is 13.1. The summed E-state index contributed by atoms with van der Waals surface area (Å²) in [6.07, 6.45) is -10.4. The molecule has 0 radical (unpaired) electrons. The summed E-state index contributed by atoms with van der Waals surface area (Å²) >= 11 is 0.787. The molecule has 0 unspecified atom stereocenters. The van der Waals surface area contributed by atoms with E-state index in [1.807, 2.05) is 0 Å². The van der Waals surface area contributed by atoms with Crippen molar-refractivity contribution in [3.8, 4) is 10.4 Å². The fraction of sp³-hybridized carbons (Fsp3) is 0.167. The number of hydrogen-bond donors (Lipinski definition) is 0. The molecular formula is C12H5ClF6O2S2. The van der Waals surface area contributed by atoms with Gasteiger partial charge in [-0.15, -0.1) is 11.3 Å². The first-order valence-electron chi connectivity index (χ1n) is 5.63. The van der Waals surface area contributed by atoms with Crippen LogP contribution in [0.3, 0.4) is 0 Å². The molecule has 0 amide bonds. The van der Waals surface area contributed by atoms with Gasteiger partial charge < -0.3 is 0 Å². The Labute approximate surface area is 134 Å². The minimum Gasteiger partial charge on any atom is -0.207 e. The predicted octanol–water partition coefficient (Wildman–Crippen LogP) is 5.38. The molecule has 23 heavy (non-hydrogen) atoms. The van der Waals surface area contributed by atoms with Crippen LogP contribution in [-0.4, -0.2) is 8.42 Å². The van der Waals surface area contributed by atoms with Crippen LogP contribution in [0.2, 0.25) is 0 Å². The van der Waals surface area contributed by atoms with Crippen LogP contribution >= 0.6 is 22.0 Å². The monoisotopic (exact) mass is 394 g/mol. The molecule has 0 aliphatic rings. The highest BCUT2D eigenvalue weighted by molar-refractivity contribution is 8.13. The van der Waals surface area contributed by atoms with Crippen LogP contribution in [0.25, 0.3) is 10.4 Å². The molecule has 0 N–H and O–H groups in total. The molecule has 0 aliphatic heterocycles. The first kappa shape index (κ1) is 18.1. The highest BCUT2D eigenvalue weighted by Gasteiger charge is 2.42. The number of thiophene rings is 1. The molecule has 2 rings (SSSR count). The molecule has 0 saturated heterocycles. The topological polar surface area (TPSA) is 34.1 Å². The SMILES string of the molecule is O=S(=O)(Cl)c1c(-c2cccs2)cc(C(F)(F)F)cc1C(F)(F)F. The molecule has 2 nitrogen and oxygen atoms in total. The van der Waals surface area contributed by atoms with Crippen LogP contribution in [0.5, 0.6) is 0 Å². The lowest BCUT2D eigenvalue weighted by Crippen LogP contribution is -2.15. The maximum absolute atomic E-state index is 13.1. The molecule has 1 aromatic carbocycles. The summed E-state index contributed by atoms with van der Waals surface area (Å²) in [5.74, 6) is 0. The zero-order valence-electron chi connectivity index (χ0n) is 10.7. The lowest BCUT2D eigenvalue weighted by molar-refractivity contribution is -0.144. The van der Waals surface area contributed by atoms with E-state index in [4.69, 9.17) is 10.7 Å². The van der Waals surface area contributed by atoms with Gasteiger partial charge in [-0.2, -0.15) is 26.3 Å². The van der Waals surface area contributed by atoms with E-state index in [9.17, 15) is 34.8 Å². The van der Waals surface area contributed by atoms with Crippen molar-refractivity contribution in [2.45, 2.75) is 17.2 Å². The molecule has 2 aromatic rings. The van der Waals surface area contributed by atoms with Gasteiger partial charge in [0.25, 0.3) is 9.05 Å². The first-order valence-corrected chi connectivity index (χ1v) is 8.81. The highest BCUT2D eigenvalue weighted by atomic mass is 35.7. The fourth-order valence-corrected chi connectivity index (χ4v) is 4.06. The molecule has 1 aromatic heterocycles. The maximum Gasteiger partial charge on any atom is 0.417 e. The summed E-state index contributed by atoms with van der Waals surface area (Å²) in [5.41, 5.74) is -4.31. The minimum absolute atomic E-state index is 0.0826. The van der Waals surface area contributed by atoms with E-state index in [0.717, 1.165) is 11.3 Å².